The van der Waals surface area contributed by atoms with Crippen molar-refractivity contribution in [3.63, 3.8) is 0 Å². The predicted molar refractivity (Wildman–Crippen MR) is 91.0 cm³/mol. The van der Waals surface area contributed by atoms with Crippen molar-refractivity contribution in [2.24, 2.45) is 4.99 Å². The van der Waals surface area contributed by atoms with E-state index in [1.165, 1.54) is 24.4 Å². The van der Waals surface area contributed by atoms with E-state index in [1.807, 2.05) is 0 Å². The number of rotatable bonds is 4. The van der Waals surface area contributed by atoms with Gasteiger partial charge in [-0.25, -0.2) is 9.59 Å². The number of aromatic nitrogens is 1. The van der Waals surface area contributed by atoms with Gasteiger partial charge in [0.25, 0.3) is 0 Å². The topological polar surface area (TPSA) is 99.8 Å². The summed E-state index contributed by atoms with van der Waals surface area (Å²) < 4.78 is 0. The maximum atomic E-state index is 12.3. The van der Waals surface area contributed by atoms with Gasteiger partial charge >= 0.3 is 11.9 Å². The van der Waals surface area contributed by atoms with Gasteiger partial charge in [0, 0.05) is 22.0 Å². The van der Waals surface area contributed by atoms with E-state index in [0.29, 0.717) is 0 Å². The Bertz CT molecular complexity index is 1050. The van der Waals surface area contributed by atoms with Crippen LogP contribution in [-0.4, -0.2) is 27.1 Å². The van der Waals surface area contributed by atoms with E-state index in [0.717, 1.165) is 0 Å². The van der Waals surface area contributed by atoms with Gasteiger partial charge in [0.1, 0.15) is 0 Å². The zero-order chi connectivity index (χ0) is 18.4. The molecule has 1 aromatic carbocycles. The molecule has 0 aliphatic carbocycles. The molecule has 0 saturated heterocycles. The van der Waals surface area contributed by atoms with Crippen LogP contribution < -0.4 is 10.6 Å². The van der Waals surface area contributed by atoms with E-state index in [4.69, 9.17) is 23.2 Å². The number of carbonyl (C=O) groups is 2. The van der Waals surface area contributed by atoms with Gasteiger partial charge in [-0.1, -0.05) is 35.8 Å². The molecule has 6 nitrogen and oxygen atoms in total. The molecular weight excluding hydrogens is 367 g/mol. The molecule has 25 heavy (non-hydrogen) atoms. The second kappa shape index (κ2) is 5.98. The van der Waals surface area contributed by atoms with Crippen LogP contribution in [0.15, 0.2) is 53.7 Å². The van der Waals surface area contributed by atoms with E-state index in [2.05, 4.69) is 16.6 Å². The van der Waals surface area contributed by atoms with E-state index < -0.39 is 23.1 Å². The summed E-state index contributed by atoms with van der Waals surface area (Å²) in [6.45, 7) is 3.52. The van der Waals surface area contributed by atoms with Gasteiger partial charge in [-0.2, -0.15) is 0 Å². The number of halogens is 2. The molecule has 0 fully saturated rings. The molecule has 3 rings (SSSR count). The number of carboxylic acid groups (broad SMARTS) is 2. The Hall–Kier alpha value is -2.70. The number of benzene rings is 1. The van der Waals surface area contributed by atoms with E-state index in [9.17, 15) is 19.8 Å². The first-order chi connectivity index (χ1) is 11.8. The maximum absolute atomic E-state index is 12.3. The first kappa shape index (κ1) is 17.1. The highest BCUT2D eigenvalue weighted by Crippen LogP contribution is 2.39. The quantitative estimate of drug-likeness (QED) is 0.792. The van der Waals surface area contributed by atoms with Gasteiger partial charge in [0.05, 0.1) is 21.6 Å². The highest BCUT2D eigenvalue weighted by atomic mass is 35.5. The summed E-state index contributed by atoms with van der Waals surface area (Å²) in [6.07, 6.45) is 1.40. The number of carboxylic acids is 2. The lowest BCUT2D eigenvalue weighted by Crippen LogP contribution is -2.37. The third kappa shape index (κ3) is 2.50. The lowest BCUT2D eigenvalue weighted by Gasteiger charge is -2.25. The smallest absolute Gasteiger partial charge is 0.342 e. The highest BCUT2D eigenvalue weighted by Gasteiger charge is 2.50. The summed E-state index contributed by atoms with van der Waals surface area (Å²) >= 11 is 12.2. The Morgan fingerprint density at radius 1 is 1.16 bits per heavy atom. The summed E-state index contributed by atoms with van der Waals surface area (Å²) in [5, 5.41) is 20.1. The number of aliphatic carboxylic acids is 2. The summed E-state index contributed by atoms with van der Waals surface area (Å²) in [4.78, 5) is 32.2. The van der Waals surface area contributed by atoms with E-state index in [1.54, 1.807) is 12.1 Å². The third-order valence-corrected chi connectivity index (χ3v) is 4.36. The molecular formula is C17H10Cl2N2O4. The molecule has 1 aromatic heterocycles. The number of pyridine rings is 1. The van der Waals surface area contributed by atoms with Crippen molar-refractivity contribution in [1.82, 2.24) is 4.98 Å². The van der Waals surface area contributed by atoms with Crippen LogP contribution in [-0.2, 0) is 15.1 Å². The van der Waals surface area contributed by atoms with Crippen molar-refractivity contribution < 1.29 is 19.8 Å². The van der Waals surface area contributed by atoms with Crippen molar-refractivity contribution in [2.45, 2.75) is 5.54 Å². The van der Waals surface area contributed by atoms with Crippen LogP contribution in [0, 0.1) is 0 Å². The standard InChI is InChI=1S/C17H10Cl2N2O4/c1-8(15(22)23)14-13-10(19)6-9(18)7-11(13)21-17(14,16(24)25)12-4-2-3-5-20-12/h2-7H,1H2,(H,22,23)(H,24,25). The van der Waals surface area contributed by atoms with Crippen LogP contribution in [0.3, 0.4) is 0 Å². The second-order valence-electron chi connectivity index (χ2n) is 5.28. The molecule has 1 aliphatic rings. The second-order valence-corrected chi connectivity index (χ2v) is 6.13. The fourth-order valence-electron chi connectivity index (χ4n) is 2.82. The van der Waals surface area contributed by atoms with Gasteiger partial charge in [0.15, 0.2) is 0 Å². The maximum Gasteiger partial charge on any atom is 0.342 e. The number of hydrogen-bond donors (Lipinski definition) is 2. The predicted octanol–water partition coefficient (Wildman–Crippen LogP) is 1.79. The number of fused-ring (bicyclic) bond motifs is 1. The summed E-state index contributed by atoms with van der Waals surface area (Å²) in [5.74, 6) is -2.78. The first-order valence-electron chi connectivity index (χ1n) is 6.96. The Labute approximate surface area is 151 Å². The normalized spacial score (nSPS) is 18.4. The Morgan fingerprint density at radius 3 is 2.44 bits per heavy atom. The van der Waals surface area contributed by atoms with Crippen LogP contribution in [0.2, 0.25) is 10.0 Å². The van der Waals surface area contributed by atoms with Crippen LogP contribution >= 0.6 is 23.2 Å². The fraction of sp³-hybridized carbons (Fsp3) is 0.0588. The average Bonchev–Trinajstić information content (AvgIpc) is 2.91. The molecule has 0 spiro atoms. The molecule has 126 valence electrons. The lowest BCUT2D eigenvalue weighted by molar-refractivity contribution is -0.141. The van der Waals surface area contributed by atoms with Gasteiger partial charge in [-0.05, 0) is 24.3 Å². The summed E-state index contributed by atoms with van der Waals surface area (Å²) in [6, 6.07) is 7.46. The SMILES string of the molecule is C=C(C(=O)O)C1=c2c(Cl)cc(Cl)cc2=NC1(C(=O)O)c1ccccn1. The van der Waals surface area contributed by atoms with Crippen molar-refractivity contribution in [3.8, 4) is 0 Å². The van der Waals surface area contributed by atoms with Crippen LogP contribution in [0.5, 0.6) is 0 Å². The van der Waals surface area contributed by atoms with Gasteiger partial charge in [0.2, 0.25) is 5.54 Å². The van der Waals surface area contributed by atoms with Crippen LogP contribution in [0.4, 0.5) is 0 Å². The molecule has 1 atom stereocenters. The van der Waals surface area contributed by atoms with Gasteiger partial charge < -0.3 is 10.2 Å². The Morgan fingerprint density at radius 2 is 1.88 bits per heavy atom. The zero-order valence-corrected chi connectivity index (χ0v) is 14.0. The van der Waals surface area contributed by atoms with Gasteiger partial charge in [-0.3, -0.25) is 9.98 Å². The molecule has 2 aromatic rings. The molecule has 0 bridgehead atoms. The minimum atomic E-state index is -2.08. The molecule has 0 saturated carbocycles. The highest BCUT2D eigenvalue weighted by molar-refractivity contribution is 6.35. The van der Waals surface area contributed by atoms with Crippen LogP contribution in [0.1, 0.15) is 5.69 Å². The van der Waals surface area contributed by atoms with Crippen molar-refractivity contribution in [3.05, 3.63) is 75.0 Å². The minimum Gasteiger partial charge on any atom is -0.479 e. The monoisotopic (exact) mass is 376 g/mol. The first-order valence-corrected chi connectivity index (χ1v) is 7.72. The van der Waals surface area contributed by atoms with Gasteiger partial charge in [-0.15, -0.1) is 0 Å². The third-order valence-electron chi connectivity index (χ3n) is 3.84. The lowest BCUT2D eigenvalue weighted by atomic mass is 9.82. The molecule has 8 heteroatoms. The largest absolute Gasteiger partial charge is 0.479 e. The number of hydrogen-bond acceptors (Lipinski definition) is 4. The summed E-state index contributed by atoms with van der Waals surface area (Å²) in [7, 11) is 0. The molecule has 0 amide bonds. The van der Waals surface area contributed by atoms with Crippen molar-refractivity contribution in [1.29, 1.82) is 0 Å². The molecule has 2 N–H and O–H groups in total. The average molecular weight is 377 g/mol. The zero-order valence-electron chi connectivity index (χ0n) is 12.5. The fourth-order valence-corrected chi connectivity index (χ4v) is 3.39. The van der Waals surface area contributed by atoms with Crippen molar-refractivity contribution >= 4 is 40.7 Å². The summed E-state index contributed by atoms with van der Waals surface area (Å²) in [5.41, 5.74) is -2.60. The van der Waals surface area contributed by atoms with E-state index >= 15 is 0 Å². The van der Waals surface area contributed by atoms with Crippen molar-refractivity contribution in [2.75, 3.05) is 0 Å². The Kier molecular flexibility index (Phi) is 4.10. The Balaban J connectivity index is 2.55. The number of nitrogens with zero attached hydrogens (tertiary/aromatic N) is 2. The van der Waals surface area contributed by atoms with Crippen LogP contribution in [0.25, 0.3) is 5.57 Å². The molecule has 1 aliphatic heterocycles. The molecule has 1 unspecified atom stereocenters. The molecule has 0 radical (unpaired) electrons. The minimum absolute atomic E-state index is 0.0447. The molecule has 2 heterocycles. The van der Waals surface area contributed by atoms with E-state index in [-0.39, 0.29) is 31.9 Å².